The van der Waals surface area contributed by atoms with Crippen LogP contribution in [0.25, 0.3) is 0 Å². The van der Waals surface area contributed by atoms with Gasteiger partial charge in [0.15, 0.2) is 5.82 Å². The summed E-state index contributed by atoms with van der Waals surface area (Å²) in [6, 6.07) is 0.700. The summed E-state index contributed by atoms with van der Waals surface area (Å²) in [7, 11) is 2.04. The van der Waals surface area contributed by atoms with Crippen molar-refractivity contribution >= 4 is 0 Å². The number of nitrogens with zero attached hydrogens (tertiary/aromatic N) is 4. The molecule has 1 aromatic rings. The number of aromatic amines is 1. The standard InChI is InChI=1S/C9H18N6/c1-10-8-2-5-15(6-3-8)7-4-9-11-13-14-12-9/h8,10H,2-7H2,1H3,(H,11,12,13,14). The first kappa shape index (κ1) is 10.5. The van der Waals surface area contributed by atoms with E-state index in [9.17, 15) is 0 Å². The molecule has 0 aromatic carbocycles. The van der Waals surface area contributed by atoms with Crippen LogP contribution in [-0.4, -0.2) is 58.2 Å². The second kappa shape index (κ2) is 5.18. The van der Waals surface area contributed by atoms with E-state index in [1.54, 1.807) is 0 Å². The fourth-order valence-electron chi connectivity index (χ4n) is 1.99. The number of piperidine rings is 1. The van der Waals surface area contributed by atoms with Crippen LogP contribution in [0.15, 0.2) is 0 Å². The van der Waals surface area contributed by atoms with Gasteiger partial charge in [0, 0.05) is 19.0 Å². The topological polar surface area (TPSA) is 69.7 Å². The van der Waals surface area contributed by atoms with Crippen molar-refractivity contribution in [3.63, 3.8) is 0 Å². The SMILES string of the molecule is CNC1CCN(CCc2nn[nH]n2)CC1. The molecule has 2 heterocycles. The molecular formula is C9H18N6. The zero-order valence-corrected chi connectivity index (χ0v) is 9.11. The van der Waals surface area contributed by atoms with Crippen molar-refractivity contribution in [2.75, 3.05) is 26.7 Å². The van der Waals surface area contributed by atoms with E-state index >= 15 is 0 Å². The zero-order chi connectivity index (χ0) is 10.5. The molecule has 6 heteroatoms. The summed E-state index contributed by atoms with van der Waals surface area (Å²) in [6.45, 7) is 3.38. The molecule has 6 nitrogen and oxygen atoms in total. The van der Waals surface area contributed by atoms with Crippen molar-refractivity contribution in [3.8, 4) is 0 Å². The second-order valence-corrected chi connectivity index (χ2v) is 3.98. The average molecular weight is 210 g/mol. The maximum Gasteiger partial charge on any atom is 0.175 e. The molecule has 1 fully saturated rings. The Hall–Kier alpha value is -1.01. The summed E-state index contributed by atoms with van der Waals surface area (Å²) in [4.78, 5) is 2.46. The van der Waals surface area contributed by atoms with Gasteiger partial charge < -0.3 is 10.2 Å². The molecule has 1 aromatic heterocycles. The Bertz CT molecular complexity index is 264. The summed E-state index contributed by atoms with van der Waals surface area (Å²) in [5.41, 5.74) is 0. The van der Waals surface area contributed by atoms with E-state index in [0.29, 0.717) is 6.04 Å². The largest absolute Gasteiger partial charge is 0.317 e. The van der Waals surface area contributed by atoms with Crippen LogP contribution < -0.4 is 5.32 Å². The summed E-state index contributed by atoms with van der Waals surface area (Å²) in [6.07, 6.45) is 3.37. The molecule has 2 N–H and O–H groups in total. The minimum atomic E-state index is 0.700. The van der Waals surface area contributed by atoms with Crippen LogP contribution in [0, 0.1) is 0 Å². The molecule has 1 aliphatic heterocycles. The van der Waals surface area contributed by atoms with Crippen LogP contribution in [0.5, 0.6) is 0 Å². The number of nitrogens with one attached hydrogen (secondary N) is 2. The highest BCUT2D eigenvalue weighted by Gasteiger charge is 2.17. The van der Waals surface area contributed by atoms with Gasteiger partial charge in [-0.15, -0.1) is 10.2 Å². The minimum Gasteiger partial charge on any atom is -0.317 e. The number of H-pyrrole nitrogens is 1. The fraction of sp³-hybridized carbons (Fsp3) is 0.889. The molecule has 0 atom stereocenters. The number of hydrogen-bond acceptors (Lipinski definition) is 5. The lowest BCUT2D eigenvalue weighted by Gasteiger charge is -2.31. The number of hydrogen-bond donors (Lipinski definition) is 2. The summed E-state index contributed by atoms with van der Waals surface area (Å²) < 4.78 is 0. The Morgan fingerprint density at radius 2 is 2.27 bits per heavy atom. The monoisotopic (exact) mass is 210 g/mol. The molecule has 2 rings (SSSR count). The first-order valence-corrected chi connectivity index (χ1v) is 5.50. The Balaban J connectivity index is 1.69. The Morgan fingerprint density at radius 3 is 2.87 bits per heavy atom. The number of rotatable bonds is 4. The molecule has 0 aliphatic carbocycles. The minimum absolute atomic E-state index is 0.700. The van der Waals surface area contributed by atoms with E-state index in [1.807, 2.05) is 7.05 Å². The molecule has 1 saturated heterocycles. The molecule has 15 heavy (non-hydrogen) atoms. The number of tetrazole rings is 1. The Kier molecular flexibility index (Phi) is 3.63. The van der Waals surface area contributed by atoms with Crippen LogP contribution in [0.2, 0.25) is 0 Å². The van der Waals surface area contributed by atoms with Crippen molar-refractivity contribution in [1.82, 2.24) is 30.8 Å². The van der Waals surface area contributed by atoms with Crippen LogP contribution in [0.1, 0.15) is 18.7 Å². The average Bonchev–Trinajstić information content (AvgIpc) is 2.80. The van der Waals surface area contributed by atoms with Gasteiger partial charge in [0.05, 0.1) is 0 Å². The highest BCUT2D eigenvalue weighted by atomic mass is 15.5. The third kappa shape index (κ3) is 2.97. The maximum atomic E-state index is 3.95. The van der Waals surface area contributed by atoms with Crippen molar-refractivity contribution in [2.45, 2.75) is 25.3 Å². The van der Waals surface area contributed by atoms with E-state index in [4.69, 9.17) is 0 Å². The van der Waals surface area contributed by atoms with Gasteiger partial charge in [-0.3, -0.25) is 0 Å². The van der Waals surface area contributed by atoms with Crippen molar-refractivity contribution in [3.05, 3.63) is 5.82 Å². The summed E-state index contributed by atoms with van der Waals surface area (Å²) in [5.74, 6) is 0.811. The molecule has 84 valence electrons. The predicted molar refractivity (Wildman–Crippen MR) is 56.4 cm³/mol. The van der Waals surface area contributed by atoms with Crippen molar-refractivity contribution in [2.24, 2.45) is 0 Å². The predicted octanol–water partition coefficient (Wildman–Crippen LogP) is -0.574. The quantitative estimate of drug-likeness (QED) is 0.696. The third-order valence-corrected chi connectivity index (χ3v) is 3.04. The maximum absolute atomic E-state index is 3.95. The van der Waals surface area contributed by atoms with E-state index in [-0.39, 0.29) is 0 Å². The van der Waals surface area contributed by atoms with Gasteiger partial charge in [-0.25, -0.2) is 0 Å². The van der Waals surface area contributed by atoms with Gasteiger partial charge >= 0.3 is 0 Å². The third-order valence-electron chi connectivity index (χ3n) is 3.04. The van der Waals surface area contributed by atoms with Gasteiger partial charge in [0.25, 0.3) is 0 Å². The van der Waals surface area contributed by atoms with Crippen LogP contribution in [-0.2, 0) is 6.42 Å². The fourth-order valence-corrected chi connectivity index (χ4v) is 1.99. The van der Waals surface area contributed by atoms with Crippen LogP contribution in [0.4, 0.5) is 0 Å². The lowest BCUT2D eigenvalue weighted by molar-refractivity contribution is 0.203. The molecule has 0 unspecified atom stereocenters. The second-order valence-electron chi connectivity index (χ2n) is 3.98. The molecule has 0 radical (unpaired) electrons. The van der Waals surface area contributed by atoms with Gasteiger partial charge in [0.2, 0.25) is 0 Å². The van der Waals surface area contributed by atoms with Crippen molar-refractivity contribution in [1.29, 1.82) is 0 Å². The molecule has 0 bridgehead atoms. The first-order valence-electron chi connectivity index (χ1n) is 5.50. The first-order chi connectivity index (χ1) is 7.38. The number of aromatic nitrogens is 4. The van der Waals surface area contributed by atoms with E-state index < -0.39 is 0 Å². The van der Waals surface area contributed by atoms with Gasteiger partial charge in [-0.05, 0) is 33.0 Å². The van der Waals surface area contributed by atoms with E-state index in [0.717, 1.165) is 18.8 Å². The van der Waals surface area contributed by atoms with Crippen LogP contribution in [0.3, 0.4) is 0 Å². The smallest absolute Gasteiger partial charge is 0.175 e. The number of likely N-dealkylation sites (tertiary alicyclic amines) is 1. The lowest BCUT2D eigenvalue weighted by Crippen LogP contribution is -2.41. The van der Waals surface area contributed by atoms with Gasteiger partial charge in [0.1, 0.15) is 0 Å². The molecule has 0 amide bonds. The van der Waals surface area contributed by atoms with Crippen LogP contribution >= 0.6 is 0 Å². The van der Waals surface area contributed by atoms with Crippen molar-refractivity contribution < 1.29 is 0 Å². The van der Waals surface area contributed by atoms with Gasteiger partial charge in [-0.2, -0.15) is 5.21 Å². The highest BCUT2D eigenvalue weighted by Crippen LogP contribution is 2.09. The van der Waals surface area contributed by atoms with Gasteiger partial charge in [-0.1, -0.05) is 5.21 Å². The zero-order valence-electron chi connectivity index (χ0n) is 9.11. The lowest BCUT2D eigenvalue weighted by atomic mass is 10.1. The van der Waals surface area contributed by atoms with E-state index in [2.05, 4.69) is 30.8 Å². The normalized spacial score (nSPS) is 19.5. The molecule has 1 aliphatic rings. The molecular weight excluding hydrogens is 192 g/mol. The molecule has 0 spiro atoms. The summed E-state index contributed by atoms with van der Waals surface area (Å²) >= 11 is 0. The Morgan fingerprint density at radius 1 is 1.47 bits per heavy atom. The summed E-state index contributed by atoms with van der Waals surface area (Å²) in [5, 5.41) is 17.2. The molecule has 0 saturated carbocycles. The van der Waals surface area contributed by atoms with E-state index in [1.165, 1.54) is 25.9 Å². The Labute approximate surface area is 89.4 Å². The highest BCUT2D eigenvalue weighted by molar-refractivity contribution is 4.81.